The number of thiocarbonyl (C=S) groups is 1. The Morgan fingerprint density at radius 1 is 1.35 bits per heavy atom. The number of carboxylic acids is 1. The molecule has 2 rings (SSSR count). The van der Waals surface area contributed by atoms with E-state index in [9.17, 15) is 13.2 Å². The first-order chi connectivity index (χ1) is 10.9. The predicted octanol–water partition coefficient (Wildman–Crippen LogP) is 1.74. The number of anilines is 1. The molecule has 1 fully saturated rings. The normalized spacial score (nSPS) is 19.2. The highest BCUT2D eigenvalue weighted by molar-refractivity contribution is 7.91. The van der Waals surface area contributed by atoms with Crippen LogP contribution in [0.4, 0.5) is 5.69 Å². The molecule has 0 spiro atoms. The minimum absolute atomic E-state index is 0.0317. The number of carboxylic acid groups (broad SMARTS) is 1. The molecule has 0 radical (unpaired) electrons. The predicted molar refractivity (Wildman–Crippen MR) is 93.3 cm³/mol. The molecule has 8 heteroatoms. The highest BCUT2D eigenvalue weighted by Crippen LogP contribution is 2.20. The minimum atomic E-state index is -3.03. The van der Waals surface area contributed by atoms with Crippen LogP contribution in [0.25, 0.3) is 0 Å². The molecule has 1 aromatic carbocycles. The highest BCUT2D eigenvalue weighted by atomic mass is 32.2. The molecule has 0 saturated carbocycles. The summed E-state index contributed by atoms with van der Waals surface area (Å²) in [4.78, 5) is 12.5. The molecule has 6 nitrogen and oxygen atoms in total. The van der Waals surface area contributed by atoms with E-state index in [1.165, 1.54) is 0 Å². The first kappa shape index (κ1) is 17.7. The van der Waals surface area contributed by atoms with Gasteiger partial charge in [0.05, 0.1) is 11.5 Å². The summed E-state index contributed by atoms with van der Waals surface area (Å²) in [5.41, 5.74) is 0.821. The largest absolute Gasteiger partial charge is 0.481 e. The molecule has 0 aromatic heterocycles. The Kier molecular flexibility index (Phi) is 5.95. The van der Waals surface area contributed by atoms with E-state index in [1.54, 1.807) is 0 Å². The molecular weight excluding hydrogens is 336 g/mol. The van der Waals surface area contributed by atoms with E-state index >= 15 is 0 Å². The van der Waals surface area contributed by atoms with Gasteiger partial charge in [-0.1, -0.05) is 18.2 Å². The van der Waals surface area contributed by atoms with Crippen LogP contribution in [0.3, 0.4) is 0 Å². The summed E-state index contributed by atoms with van der Waals surface area (Å²) >= 11 is 5.42. The molecule has 23 heavy (non-hydrogen) atoms. The molecule has 1 saturated heterocycles. The average molecular weight is 356 g/mol. The Labute approximate surface area is 141 Å². The lowest BCUT2D eigenvalue weighted by Gasteiger charge is -2.31. The molecule has 1 aromatic rings. The van der Waals surface area contributed by atoms with E-state index in [0.717, 1.165) is 5.69 Å². The molecule has 1 aliphatic rings. The van der Waals surface area contributed by atoms with E-state index in [2.05, 4.69) is 5.32 Å². The van der Waals surface area contributed by atoms with E-state index < -0.39 is 15.8 Å². The Balaban J connectivity index is 2.05. The number of nitrogens with zero attached hydrogens (tertiary/aromatic N) is 1. The van der Waals surface area contributed by atoms with Crippen LogP contribution >= 0.6 is 12.2 Å². The number of nitrogens with one attached hydrogen (secondary N) is 1. The van der Waals surface area contributed by atoms with Crippen molar-refractivity contribution < 1.29 is 18.3 Å². The maximum absolute atomic E-state index is 11.7. The molecule has 1 aliphatic heterocycles. The number of carbonyl (C=O) groups is 1. The van der Waals surface area contributed by atoms with E-state index in [4.69, 9.17) is 17.3 Å². The zero-order chi connectivity index (χ0) is 16.9. The van der Waals surface area contributed by atoms with Gasteiger partial charge < -0.3 is 15.3 Å². The molecular formula is C15H20N2O4S2. The van der Waals surface area contributed by atoms with Crippen molar-refractivity contribution in [1.82, 2.24) is 4.90 Å². The van der Waals surface area contributed by atoms with Crippen molar-refractivity contribution in [2.75, 3.05) is 23.4 Å². The van der Waals surface area contributed by atoms with Crippen LogP contribution in [0.2, 0.25) is 0 Å². The number of para-hydroxylation sites is 1. The van der Waals surface area contributed by atoms with Gasteiger partial charge in [-0.05, 0) is 37.2 Å². The van der Waals surface area contributed by atoms with Gasteiger partial charge in [-0.2, -0.15) is 0 Å². The maximum atomic E-state index is 11.7. The summed E-state index contributed by atoms with van der Waals surface area (Å²) in [5.74, 6) is -0.650. The SMILES string of the molecule is O=C(O)CCCN(C(=S)Nc1ccccc1)[C@H]1CCS(=O)(=O)C1. The lowest BCUT2D eigenvalue weighted by molar-refractivity contribution is -0.137. The smallest absolute Gasteiger partial charge is 0.303 e. The Morgan fingerprint density at radius 3 is 2.61 bits per heavy atom. The van der Waals surface area contributed by atoms with Gasteiger partial charge in [0.2, 0.25) is 0 Å². The van der Waals surface area contributed by atoms with Crippen molar-refractivity contribution in [1.29, 1.82) is 0 Å². The lowest BCUT2D eigenvalue weighted by atomic mass is 10.2. The van der Waals surface area contributed by atoms with E-state index in [-0.39, 0.29) is 24.0 Å². The van der Waals surface area contributed by atoms with Crippen molar-refractivity contribution in [2.24, 2.45) is 0 Å². The van der Waals surface area contributed by atoms with E-state index in [0.29, 0.717) is 24.5 Å². The van der Waals surface area contributed by atoms with Crippen LogP contribution in [0.1, 0.15) is 19.3 Å². The fraction of sp³-hybridized carbons (Fsp3) is 0.467. The number of hydrogen-bond acceptors (Lipinski definition) is 4. The second kappa shape index (κ2) is 7.74. The fourth-order valence-corrected chi connectivity index (χ4v) is 4.68. The Morgan fingerprint density at radius 2 is 2.04 bits per heavy atom. The van der Waals surface area contributed by atoms with Crippen LogP contribution < -0.4 is 5.32 Å². The summed E-state index contributed by atoms with van der Waals surface area (Å²) in [6.07, 6.45) is 0.971. The quantitative estimate of drug-likeness (QED) is 0.751. The topological polar surface area (TPSA) is 86.7 Å². The third-order valence-corrected chi connectivity index (χ3v) is 5.81. The second-order valence-electron chi connectivity index (χ2n) is 5.54. The van der Waals surface area contributed by atoms with Crippen LogP contribution in [0.5, 0.6) is 0 Å². The van der Waals surface area contributed by atoms with Crippen LogP contribution in [0.15, 0.2) is 30.3 Å². The number of hydrogen-bond donors (Lipinski definition) is 2. The fourth-order valence-electron chi connectivity index (χ4n) is 2.59. The third kappa shape index (κ3) is 5.47. The van der Waals surface area contributed by atoms with Crippen molar-refractivity contribution >= 4 is 38.8 Å². The zero-order valence-corrected chi connectivity index (χ0v) is 14.3. The monoisotopic (exact) mass is 356 g/mol. The molecule has 0 amide bonds. The molecule has 0 aliphatic carbocycles. The lowest BCUT2D eigenvalue weighted by Crippen LogP contribution is -2.44. The first-order valence-electron chi connectivity index (χ1n) is 7.42. The highest BCUT2D eigenvalue weighted by Gasteiger charge is 2.33. The number of rotatable bonds is 6. The summed E-state index contributed by atoms with van der Waals surface area (Å²) in [6, 6.07) is 9.18. The number of sulfone groups is 1. The standard InChI is InChI=1S/C15H20N2O4S2/c18-14(19)7-4-9-17(13-8-10-23(20,21)11-13)15(22)16-12-5-2-1-3-6-12/h1-3,5-6,13H,4,7-11H2,(H,16,22)(H,18,19)/t13-/m0/s1. The van der Waals surface area contributed by atoms with Gasteiger partial charge in [-0.25, -0.2) is 8.42 Å². The second-order valence-corrected chi connectivity index (χ2v) is 8.16. The summed E-state index contributed by atoms with van der Waals surface area (Å²) in [5, 5.41) is 12.3. The van der Waals surface area contributed by atoms with E-state index in [1.807, 2.05) is 35.2 Å². The Bertz CT molecular complexity index is 661. The summed E-state index contributed by atoms with van der Waals surface area (Å²) in [7, 11) is -3.03. The third-order valence-electron chi connectivity index (χ3n) is 3.72. The van der Waals surface area contributed by atoms with Crippen LogP contribution in [-0.2, 0) is 14.6 Å². The molecule has 1 atom stereocenters. The van der Waals surface area contributed by atoms with Gasteiger partial charge in [0, 0.05) is 24.7 Å². The van der Waals surface area contributed by atoms with Gasteiger partial charge in [-0.3, -0.25) is 4.79 Å². The number of aliphatic carboxylic acids is 1. The van der Waals surface area contributed by atoms with Gasteiger partial charge in [0.1, 0.15) is 0 Å². The minimum Gasteiger partial charge on any atom is -0.481 e. The summed E-state index contributed by atoms with van der Waals surface area (Å²) in [6.45, 7) is 0.422. The molecule has 126 valence electrons. The maximum Gasteiger partial charge on any atom is 0.303 e. The van der Waals surface area contributed by atoms with Gasteiger partial charge in [0.25, 0.3) is 0 Å². The Hall–Kier alpha value is -1.67. The van der Waals surface area contributed by atoms with Crippen molar-refractivity contribution in [3.8, 4) is 0 Å². The molecule has 0 bridgehead atoms. The average Bonchev–Trinajstić information content (AvgIpc) is 2.84. The first-order valence-corrected chi connectivity index (χ1v) is 9.65. The molecule has 1 heterocycles. The summed E-state index contributed by atoms with van der Waals surface area (Å²) < 4.78 is 23.4. The van der Waals surface area contributed by atoms with Crippen molar-refractivity contribution in [2.45, 2.75) is 25.3 Å². The molecule has 0 unspecified atom stereocenters. The molecule has 2 N–H and O–H groups in total. The number of benzene rings is 1. The zero-order valence-electron chi connectivity index (χ0n) is 12.6. The van der Waals surface area contributed by atoms with Crippen LogP contribution in [0, 0.1) is 0 Å². The van der Waals surface area contributed by atoms with Crippen LogP contribution in [-0.4, -0.2) is 53.6 Å². The van der Waals surface area contributed by atoms with Gasteiger partial charge in [-0.15, -0.1) is 0 Å². The van der Waals surface area contributed by atoms with Crippen molar-refractivity contribution in [3.63, 3.8) is 0 Å². The van der Waals surface area contributed by atoms with Crippen molar-refractivity contribution in [3.05, 3.63) is 30.3 Å². The van der Waals surface area contributed by atoms with Gasteiger partial charge >= 0.3 is 5.97 Å². The van der Waals surface area contributed by atoms with Gasteiger partial charge in [0.15, 0.2) is 14.9 Å².